The van der Waals surface area contributed by atoms with Crippen LogP contribution in [0.15, 0.2) is 119 Å². The number of aliphatic imine (C=N–C) groups is 1. The van der Waals surface area contributed by atoms with Crippen molar-refractivity contribution in [2.24, 2.45) is 4.99 Å². The van der Waals surface area contributed by atoms with Crippen LogP contribution in [0.4, 0.5) is 10.1 Å². The quantitative estimate of drug-likeness (QED) is 0.142. The van der Waals surface area contributed by atoms with Crippen LogP contribution in [-0.4, -0.2) is 34.3 Å². The van der Waals surface area contributed by atoms with Gasteiger partial charge < -0.3 is 29.2 Å². The zero-order valence-corrected chi connectivity index (χ0v) is 29.1. The molecular formula is C40H40FN3O4S. The summed E-state index contributed by atoms with van der Waals surface area (Å²) < 4.78 is 37.8. The molecule has 0 aromatic heterocycles. The Bertz CT molecular complexity index is 1880. The molecule has 1 aliphatic rings. The fourth-order valence-electron chi connectivity index (χ4n) is 5.90. The van der Waals surface area contributed by atoms with Crippen molar-refractivity contribution in [3.8, 4) is 23.0 Å². The van der Waals surface area contributed by atoms with Crippen molar-refractivity contribution in [2.75, 3.05) is 33.3 Å². The normalized spacial score (nSPS) is 16.0. The van der Waals surface area contributed by atoms with E-state index in [2.05, 4.69) is 40.5 Å². The molecule has 1 aliphatic heterocycles. The van der Waals surface area contributed by atoms with Crippen LogP contribution in [-0.2, 0) is 24.5 Å². The smallest absolute Gasteiger partial charge is 0.131 e. The van der Waals surface area contributed by atoms with E-state index >= 15 is 4.39 Å². The average Bonchev–Trinajstić information content (AvgIpc) is 3.14. The minimum absolute atomic E-state index is 0.296. The standard InChI is InChI=1S/C40H40FN3O4S/c1-40(43-39(34-8-6-7-9-38(34)49-40)42-24-29-14-20-33(47-4)23-37(29)48-5)35-22-30(15-21-36(35)41)44(25-27-10-16-31(45-2)17-11-27)26-28-12-18-32(46-3)19-13-28/h6-23H,24-26H2,1-5H3,(H,42,43). The maximum absolute atomic E-state index is 16.0. The predicted molar refractivity (Wildman–Crippen MR) is 195 cm³/mol. The Labute approximate surface area is 291 Å². The van der Waals surface area contributed by atoms with E-state index in [0.29, 0.717) is 42.5 Å². The average molecular weight is 678 g/mol. The second-order valence-electron chi connectivity index (χ2n) is 11.8. The molecule has 0 spiro atoms. The van der Waals surface area contributed by atoms with E-state index in [9.17, 15) is 0 Å². The third-order valence-electron chi connectivity index (χ3n) is 8.61. The van der Waals surface area contributed by atoms with E-state index in [1.54, 1.807) is 46.3 Å². The van der Waals surface area contributed by atoms with E-state index in [0.717, 1.165) is 44.3 Å². The van der Waals surface area contributed by atoms with Crippen LogP contribution >= 0.6 is 11.8 Å². The molecule has 0 fully saturated rings. The van der Waals surface area contributed by atoms with Crippen LogP contribution in [0, 0.1) is 5.82 Å². The Morgan fingerprint density at radius 1 is 0.714 bits per heavy atom. The van der Waals surface area contributed by atoms with Gasteiger partial charge in [-0.15, -0.1) is 0 Å². The lowest BCUT2D eigenvalue weighted by atomic mass is 10.0. The molecular weight excluding hydrogens is 638 g/mol. The monoisotopic (exact) mass is 677 g/mol. The summed E-state index contributed by atoms with van der Waals surface area (Å²) in [6.45, 7) is 3.59. The van der Waals surface area contributed by atoms with Crippen LogP contribution in [0.3, 0.4) is 0 Å². The maximum Gasteiger partial charge on any atom is 0.131 e. The van der Waals surface area contributed by atoms with Crippen molar-refractivity contribution in [1.29, 1.82) is 0 Å². The number of rotatable bonds is 12. The molecule has 1 unspecified atom stereocenters. The van der Waals surface area contributed by atoms with Gasteiger partial charge in [0, 0.05) is 46.4 Å². The number of benzene rings is 5. The lowest BCUT2D eigenvalue weighted by molar-refractivity contribution is 0.391. The number of methoxy groups -OCH3 is 4. The molecule has 0 saturated carbocycles. The minimum Gasteiger partial charge on any atom is -0.497 e. The van der Waals surface area contributed by atoms with E-state index < -0.39 is 4.87 Å². The second-order valence-corrected chi connectivity index (χ2v) is 13.3. The lowest BCUT2D eigenvalue weighted by Gasteiger charge is -2.38. The first kappa shape index (κ1) is 33.7. The molecule has 5 aromatic carbocycles. The topological polar surface area (TPSA) is 64.6 Å². The number of ether oxygens (including phenoxy) is 4. The summed E-state index contributed by atoms with van der Waals surface area (Å²) in [7, 11) is 6.58. The van der Waals surface area contributed by atoms with Crippen molar-refractivity contribution in [1.82, 2.24) is 5.32 Å². The highest BCUT2D eigenvalue weighted by molar-refractivity contribution is 8.00. The number of nitrogens with zero attached hydrogens (tertiary/aromatic N) is 2. The summed E-state index contributed by atoms with van der Waals surface area (Å²) >= 11 is 1.58. The third-order valence-corrected chi connectivity index (χ3v) is 9.92. The first-order chi connectivity index (χ1) is 23.8. The van der Waals surface area contributed by atoms with Crippen LogP contribution in [0.2, 0.25) is 0 Å². The van der Waals surface area contributed by atoms with Crippen LogP contribution < -0.4 is 29.2 Å². The summed E-state index contributed by atoms with van der Waals surface area (Å²) in [4.78, 5) is 7.44. The van der Waals surface area contributed by atoms with Crippen molar-refractivity contribution < 1.29 is 23.3 Å². The zero-order valence-electron chi connectivity index (χ0n) is 28.3. The van der Waals surface area contributed by atoms with Gasteiger partial charge in [-0.25, -0.2) is 4.39 Å². The van der Waals surface area contributed by atoms with Crippen molar-refractivity contribution in [3.63, 3.8) is 0 Å². The van der Waals surface area contributed by atoms with Crippen LogP contribution in [0.5, 0.6) is 23.0 Å². The number of halogens is 1. The molecule has 252 valence electrons. The number of thioether (sulfide) groups is 1. The second kappa shape index (κ2) is 15.0. The van der Waals surface area contributed by atoms with Gasteiger partial charge in [0.25, 0.3) is 0 Å². The molecule has 5 aromatic rings. The maximum atomic E-state index is 16.0. The lowest BCUT2D eigenvalue weighted by Crippen LogP contribution is -2.45. The highest BCUT2D eigenvalue weighted by Crippen LogP contribution is 2.46. The summed E-state index contributed by atoms with van der Waals surface area (Å²) in [6, 6.07) is 35.2. The molecule has 49 heavy (non-hydrogen) atoms. The molecule has 6 rings (SSSR count). The number of fused-ring (bicyclic) bond motifs is 1. The van der Waals surface area contributed by atoms with Gasteiger partial charge in [0.15, 0.2) is 0 Å². The zero-order chi connectivity index (χ0) is 34.4. The van der Waals surface area contributed by atoms with Gasteiger partial charge in [0.05, 0.1) is 35.0 Å². The van der Waals surface area contributed by atoms with E-state index in [1.807, 2.05) is 79.7 Å². The van der Waals surface area contributed by atoms with Gasteiger partial charge in [0.1, 0.15) is 39.5 Å². The number of hydrogen-bond donors (Lipinski definition) is 1. The highest BCUT2D eigenvalue weighted by Gasteiger charge is 2.37. The van der Waals surface area contributed by atoms with E-state index in [-0.39, 0.29) is 5.82 Å². The Balaban J connectivity index is 1.36. The highest BCUT2D eigenvalue weighted by atomic mass is 32.2. The molecule has 0 radical (unpaired) electrons. The molecule has 0 amide bonds. The Morgan fingerprint density at radius 2 is 1.33 bits per heavy atom. The van der Waals surface area contributed by atoms with Crippen molar-refractivity contribution in [2.45, 2.75) is 36.3 Å². The van der Waals surface area contributed by atoms with Gasteiger partial charge in [0.2, 0.25) is 0 Å². The molecule has 1 heterocycles. The number of hydrogen-bond acceptors (Lipinski definition) is 7. The first-order valence-electron chi connectivity index (χ1n) is 15.9. The number of anilines is 1. The first-order valence-corrected chi connectivity index (χ1v) is 16.8. The van der Waals surface area contributed by atoms with Crippen LogP contribution in [0.1, 0.15) is 34.7 Å². The van der Waals surface area contributed by atoms with Gasteiger partial charge in [-0.1, -0.05) is 54.2 Å². The van der Waals surface area contributed by atoms with E-state index in [4.69, 9.17) is 23.9 Å². The summed E-state index contributed by atoms with van der Waals surface area (Å²) in [5, 5.41) is 3.63. The molecule has 1 N–H and O–H groups in total. The minimum atomic E-state index is -0.858. The molecule has 0 aliphatic carbocycles. The van der Waals surface area contributed by atoms with Gasteiger partial charge >= 0.3 is 0 Å². The Morgan fingerprint density at radius 3 is 1.94 bits per heavy atom. The van der Waals surface area contributed by atoms with Gasteiger partial charge in [-0.3, -0.25) is 4.99 Å². The van der Waals surface area contributed by atoms with Crippen molar-refractivity contribution in [3.05, 3.63) is 143 Å². The summed E-state index contributed by atoms with van der Waals surface area (Å²) in [6.07, 6.45) is 0. The molecule has 7 nitrogen and oxygen atoms in total. The fourth-order valence-corrected chi connectivity index (χ4v) is 7.18. The molecule has 9 heteroatoms. The third kappa shape index (κ3) is 7.62. The van der Waals surface area contributed by atoms with Gasteiger partial charge in [-0.2, -0.15) is 0 Å². The molecule has 0 bridgehead atoms. The van der Waals surface area contributed by atoms with E-state index in [1.165, 1.54) is 0 Å². The summed E-state index contributed by atoms with van der Waals surface area (Å²) in [5.74, 6) is 3.39. The number of nitrogens with one attached hydrogen (secondary N) is 1. The SMILES string of the molecule is COc1ccc(CN(Cc2ccc(OC)cc2)c2ccc(F)c(C3(C)NC(=NCc4ccc(OC)cc4OC)c4ccccc4S3)c2)cc1. The largest absolute Gasteiger partial charge is 0.497 e. The van der Waals surface area contributed by atoms with Crippen molar-refractivity contribution >= 4 is 23.3 Å². The summed E-state index contributed by atoms with van der Waals surface area (Å²) in [5.41, 5.74) is 5.52. The Hall–Kier alpha value is -5.15. The fraction of sp³-hybridized carbons (Fsp3) is 0.225. The molecule has 0 saturated heterocycles. The Kier molecular flexibility index (Phi) is 10.3. The van der Waals surface area contributed by atoms with Crippen LogP contribution in [0.25, 0.3) is 0 Å². The predicted octanol–water partition coefficient (Wildman–Crippen LogP) is 8.58. The molecule has 1 atom stereocenters. The number of amidine groups is 1. The van der Waals surface area contributed by atoms with Gasteiger partial charge in [-0.05, 0) is 78.7 Å².